The maximum absolute atomic E-state index is 14.9. The van der Waals surface area contributed by atoms with Crippen molar-refractivity contribution in [2.45, 2.75) is 187 Å². The Balaban J connectivity index is 1.55. The van der Waals surface area contributed by atoms with Crippen molar-refractivity contribution in [3.05, 3.63) is 72.3 Å². The number of benzene rings is 2. The van der Waals surface area contributed by atoms with E-state index in [2.05, 4.69) is 89.9 Å². The van der Waals surface area contributed by atoms with Gasteiger partial charge in [0.1, 0.15) is 36.9 Å². The van der Waals surface area contributed by atoms with E-state index in [-0.39, 0.29) is 36.9 Å². The Bertz CT molecular complexity index is 2200. The number of carbonyl (C=O) groups excluding carboxylic acids is 5. The minimum Gasteiger partial charge on any atom is -0.461 e. The molecule has 2 N–H and O–H groups in total. The number of methoxy groups -OCH3 is 1. The standard InChI is InChI=1S/C58H90N4O10SSi/c1-18-24-43(68-17)30-29-40(10)50(57(13,14)55(66)69-32-19-2)72-53(64)42(12)59-51(63)49(39(9)31-33-71-74(36(3)4,37(5)6)38(7)8)62(16)54(65)58(15)35-73-52(61-58)41(11)60-56(67)70-34-48-46-27-22-20-25-44(46)45-26-21-23-28-47(45)48/h19-23,25-28,36-43,48-50H,2,18,24,29-35H2,1,3-17H3,(H,59,63)(H,60,67)/t39-,40+,41-,42-,43-,49-,50-,58-/m0/s1. The van der Waals surface area contributed by atoms with Crippen LogP contribution in [0.15, 0.2) is 66.2 Å². The number of hydrogen-bond acceptors (Lipinski definition) is 12. The Kier molecular flexibility index (Phi) is 23.1. The lowest BCUT2D eigenvalue weighted by Gasteiger charge is -2.43. The molecule has 0 aromatic heterocycles. The zero-order chi connectivity index (χ0) is 55.3. The van der Waals surface area contributed by atoms with E-state index in [0.717, 1.165) is 35.1 Å². The number of aliphatic imine (C=N–C) groups is 1. The summed E-state index contributed by atoms with van der Waals surface area (Å²) in [6, 6.07) is 13.5. The summed E-state index contributed by atoms with van der Waals surface area (Å²) in [7, 11) is 1.01. The number of amides is 3. The molecule has 74 heavy (non-hydrogen) atoms. The second-order valence-electron chi connectivity index (χ2n) is 22.4. The highest BCUT2D eigenvalue weighted by Crippen LogP contribution is 2.45. The van der Waals surface area contributed by atoms with Crippen molar-refractivity contribution < 1.29 is 47.3 Å². The molecule has 3 amide bonds. The molecule has 0 unspecified atom stereocenters. The summed E-state index contributed by atoms with van der Waals surface area (Å²) < 4.78 is 30.2. The SMILES string of the molecule is C=CCOC(=O)C(C)(C)[C@@H](OC(=O)[C@H](C)NC(=O)[C@H]([C@@H](C)CCO[Si](C(C)C)(C(C)C)C(C)C)N(C)C(=O)[C@]1(C)CSC([C@H](C)NC(=O)OCC2c3ccccc3-c3ccccc32)=N1)[C@H](C)CC[C@H](CCC)OC. The number of carbonyl (C=O) groups is 5. The number of nitrogens with one attached hydrogen (secondary N) is 2. The monoisotopic (exact) mass is 1060 g/mol. The van der Waals surface area contributed by atoms with Crippen LogP contribution in [0.5, 0.6) is 0 Å². The van der Waals surface area contributed by atoms with Gasteiger partial charge in [0.15, 0.2) is 8.32 Å². The van der Waals surface area contributed by atoms with E-state index in [4.69, 9.17) is 28.4 Å². The van der Waals surface area contributed by atoms with Crippen LogP contribution in [0, 0.1) is 17.3 Å². The van der Waals surface area contributed by atoms with Gasteiger partial charge >= 0.3 is 18.0 Å². The third kappa shape index (κ3) is 14.7. The lowest BCUT2D eigenvalue weighted by atomic mass is 9.78. The molecule has 0 spiro atoms. The van der Waals surface area contributed by atoms with Gasteiger partial charge in [-0.15, -0.1) is 11.8 Å². The number of fused-ring (bicyclic) bond motifs is 3. The molecule has 4 rings (SSSR count). The first kappa shape index (κ1) is 62.0. The fourth-order valence-corrected chi connectivity index (χ4v) is 18.1. The summed E-state index contributed by atoms with van der Waals surface area (Å²) in [5.41, 5.74) is 2.99. The zero-order valence-corrected chi connectivity index (χ0v) is 49.3. The molecule has 2 aromatic rings. The van der Waals surface area contributed by atoms with E-state index in [1.165, 1.54) is 22.7 Å². The number of likely N-dealkylation sites (N-methyl/N-ethyl adjacent to an activating group) is 1. The molecule has 8 atom stereocenters. The summed E-state index contributed by atoms with van der Waals surface area (Å²) in [4.78, 5) is 77.1. The van der Waals surface area contributed by atoms with E-state index in [0.29, 0.717) is 47.5 Å². The molecule has 0 bridgehead atoms. The molecule has 1 aliphatic heterocycles. The summed E-state index contributed by atoms with van der Waals surface area (Å²) >= 11 is 1.37. The van der Waals surface area contributed by atoms with Crippen molar-refractivity contribution in [3.8, 4) is 11.1 Å². The smallest absolute Gasteiger partial charge is 0.407 e. The second-order valence-corrected chi connectivity index (χ2v) is 28.9. The van der Waals surface area contributed by atoms with Crippen LogP contribution in [0.4, 0.5) is 4.79 Å². The quantitative estimate of drug-likeness (QED) is 0.0344. The Hall–Kier alpha value is -4.51. The van der Waals surface area contributed by atoms with Crippen molar-refractivity contribution in [1.29, 1.82) is 0 Å². The van der Waals surface area contributed by atoms with Crippen molar-refractivity contribution in [2.24, 2.45) is 22.2 Å². The topological polar surface area (TPSA) is 171 Å². The van der Waals surface area contributed by atoms with Crippen molar-refractivity contribution in [2.75, 3.05) is 39.7 Å². The normalized spacial score (nSPS) is 18.6. The number of rotatable bonds is 29. The van der Waals surface area contributed by atoms with Crippen molar-refractivity contribution in [3.63, 3.8) is 0 Å². The fraction of sp³-hybridized carbons (Fsp3) is 0.655. The minimum absolute atomic E-state index is 0.0000209. The number of alkyl carbamates (subject to hydrolysis) is 1. The van der Waals surface area contributed by atoms with Crippen molar-refractivity contribution >= 4 is 55.0 Å². The molecule has 1 heterocycles. The summed E-state index contributed by atoms with van der Waals surface area (Å²) in [5, 5.41) is 6.38. The molecule has 16 heteroatoms. The van der Waals surface area contributed by atoms with Gasteiger partial charge in [0, 0.05) is 32.4 Å². The number of esters is 2. The number of nitrogens with zero attached hydrogens (tertiary/aromatic N) is 2. The molecular weight excluding hydrogens is 973 g/mol. The summed E-state index contributed by atoms with van der Waals surface area (Å²) in [5.74, 6) is -2.75. The number of thioether (sulfide) groups is 1. The van der Waals surface area contributed by atoms with Gasteiger partial charge in [0.2, 0.25) is 5.91 Å². The maximum atomic E-state index is 14.9. The Morgan fingerprint density at radius 3 is 1.97 bits per heavy atom. The third-order valence-corrected chi connectivity index (χ3v) is 23.0. The molecule has 0 fully saturated rings. The van der Waals surface area contributed by atoms with Gasteiger partial charge in [-0.3, -0.25) is 19.4 Å². The summed E-state index contributed by atoms with van der Waals surface area (Å²) in [6.07, 6.45) is 3.54. The van der Waals surface area contributed by atoms with Gasteiger partial charge in [0.25, 0.3) is 5.91 Å². The van der Waals surface area contributed by atoms with E-state index in [1.54, 1.807) is 48.8 Å². The van der Waals surface area contributed by atoms with E-state index in [9.17, 15) is 24.0 Å². The third-order valence-electron chi connectivity index (χ3n) is 15.5. The van der Waals surface area contributed by atoms with Crippen LogP contribution in [0.1, 0.15) is 146 Å². The van der Waals surface area contributed by atoms with Crippen LogP contribution in [-0.2, 0) is 42.6 Å². The molecule has 0 saturated heterocycles. The average molecular weight is 1060 g/mol. The molecule has 2 aromatic carbocycles. The van der Waals surface area contributed by atoms with Gasteiger partial charge in [0.05, 0.1) is 22.6 Å². The van der Waals surface area contributed by atoms with Crippen LogP contribution >= 0.6 is 11.8 Å². The molecular formula is C58H90N4O10SSi. The van der Waals surface area contributed by atoms with Crippen LogP contribution in [0.25, 0.3) is 11.1 Å². The Morgan fingerprint density at radius 2 is 1.43 bits per heavy atom. The fourth-order valence-electron chi connectivity index (χ4n) is 11.4. The average Bonchev–Trinajstić information content (AvgIpc) is 3.92. The van der Waals surface area contributed by atoms with Gasteiger partial charge in [-0.1, -0.05) is 130 Å². The first-order valence-corrected chi connectivity index (χ1v) is 30.0. The highest BCUT2D eigenvalue weighted by Gasteiger charge is 2.48. The second kappa shape index (κ2) is 27.5. The number of hydrogen-bond donors (Lipinski definition) is 2. The first-order chi connectivity index (χ1) is 34.8. The first-order valence-electron chi connectivity index (χ1n) is 26.9. The lowest BCUT2D eigenvalue weighted by Crippen LogP contribution is -2.58. The van der Waals surface area contributed by atoms with E-state index >= 15 is 0 Å². The Labute approximate surface area is 448 Å². The van der Waals surface area contributed by atoms with Gasteiger partial charge < -0.3 is 38.9 Å². The molecule has 2 aliphatic rings. The molecule has 0 saturated carbocycles. The number of ether oxygens (including phenoxy) is 4. The van der Waals surface area contributed by atoms with Crippen molar-refractivity contribution in [1.82, 2.24) is 15.5 Å². The van der Waals surface area contributed by atoms with Crippen LogP contribution in [0.2, 0.25) is 16.6 Å². The largest absolute Gasteiger partial charge is 0.461 e. The summed E-state index contributed by atoms with van der Waals surface area (Å²) in [6.45, 7) is 32.0. The predicted octanol–water partition coefficient (Wildman–Crippen LogP) is 11.3. The van der Waals surface area contributed by atoms with Gasteiger partial charge in [-0.25, -0.2) is 9.59 Å². The predicted molar refractivity (Wildman–Crippen MR) is 300 cm³/mol. The van der Waals surface area contributed by atoms with E-state index < -0.39 is 79.3 Å². The maximum Gasteiger partial charge on any atom is 0.407 e. The minimum atomic E-state index is -2.27. The van der Waals surface area contributed by atoms with Crippen LogP contribution in [-0.4, -0.2) is 124 Å². The van der Waals surface area contributed by atoms with Gasteiger partial charge in [-0.05, 0) is 111 Å². The van der Waals surface area contributed by atoms with Crippen LogP contribution < -0.4 is 10.6 Å². The zero-order valence-electron chi connectivity index (χ0n) is 47.5. The van der Waals surface area contributed by atoms with E-state index in [1.807, 2.05) is 38.1 Å². The highest BCUT2D eigenvalue weighted by atomic mass is 32.2. The van der Waals surface area contributed by atoms with Gasteiger partial charge in [-0.2, -0.15) is 0 Å². The molecule has 14 nitrogen and oxygen atoms in total. The molecule has 1 aliphatic carbocycles. The Morgan fingerprint density at radius 1 is 0.851 bits per heavy atom. The molecule has 412 valence electrons. The van der Waals surface area contributed by atoms with Crippen LogP contribution in [0.3, 0.4) is 0 Å². The molecule has 0 radical (unpaired) electrons. The lowest BCUT2D eigenvalue weighted by molar-refractivity contribution is -0.176. The highest BCUT2D eigenvalue weighted by molar-refractivity contribution is 8.14.